The van der Waals surface area contributed by atoms with Gasteiger partial charge in [-0.25, -0.2) is 4.79 Å². The van der Waals surface area contributed by atoms with Crippen LogP contribution in [-0.2, 0) is 59.2 Å². The highest BCUT2D eigenvalue weighted by Gasteiger charge is 2.34. The van der Waals surface area contributed by atoms with Gasteiger partial charge in [0, 0.05) is 25.0 Å². The number of amides is 5. The fourth-order valence-electron chi connectivity index (χ4n) is 6.08. The molecule has 0 saturated carbocycles. The normalized spacial score (nSPS) is 13.9. The molecule has 59 heavy (non-hydrogen) atoms. The zero-order valence-electron chi connectivity index (χ0n) is 32.0. The lowest BCUT2D eigenvalue weighted by Gasteiger charge is -2.27. The number of nitrogens with one attached hydrogen (secondary N) is 5. The summed E-state index contributed by atoms with van der Waals surface area (Å²) in [6, 6.07) is 26.9. The summed E-state index contributed by atoms with van der Waals surface area (Å²) in [7, 11) is 0. The quantitative estimate of drug-likeness (QED) is 0.0513. The van der Waals surface area contributed by atoms with E-state index in [1.807, 2.05) is 30.3 Å². The van der Waals surface area contributed by atoms with Crippen molar-refractivity contribution in [3.8, 4) is 0 Å². The second-order valence-electron chi connectivity index (χ2n) is 13.8. The summed E-state index contributed by atoms with van der Waals surface area (Å²) in [6.07, 6.45) is -0.897. The van der Waals surface area contributed by atoms with Crippen LogP contribution in [0.25, 0.3) is 0 Å². The highest BCUT2D eigenvalue weighted by molar-refractivity contribution is 7.80. The molecule has 0 aliphatic heterocycles. The van der Waals surface area contributed by atoms with Crippen molar-refractivity contribution in [3.63, 3.8) is 0 Å². The van der Waals surface area contributed by atoms with E-state index in [0.29, 0.717) is 16.7 Å². The lowest BCUT2D eigenvalue weighted by Crippen LogP contribution is -2.60. The standard InChI is InChI=1S/C43H48N6O9S/c44-31(21-27-13-5-1-6-14-27)38(52)45-32(22-28-15-7-2-8-16-28)39(53)46-33(23-29-17-9-3-10-18-29)40(54)48-35(25-37(50)51)42(56)47-34(24-30-19-11-4-12-20-30)41(55)49-36(26-59)43(57)58/h1-20,31-36,59H,21-26,44H2,(H,45,52)(H,46,53)(H,47,56)(H,48,54)(H,49,55)(H,50,51)(H,57,58)/t31-,32-,33-,34-,35-,36-/m0/s1. The van der Waals surface area contributed by atoms with Crippen LogP contribution in [0.15, 0.2) is 121 Å². The van der Waals surface area contributed by atoms with Crippen molar-refractivity contribution < 1.29 is 43.8 Å². The van der Waals surface area contributed by atoms with E-state index in [9.17, 15) is 43.8 Å². The Morgan fingerprint density at radius 3 is 1.05 bits per heavy atom. The summed E-state index contributed by atoms with van der Waals surface area (Å²) in [4.78, 5) is 92.4. The Kier molecular flexibility index (Phi) is 17.6. The number of benzene rings is 4. The molecule has 5 amide bonds. The van der Waals surface area contributed by atoms with E-state index < -0.39 is 84.1 Å². The van der Waals surface area contributed by atoms with Gasteiger partial charge in [-0.15, -0.1) is 0 Å². The maximum Gasteiger partial charge on any atom is 0.327 e. The van der Waals surface area contributed by atoms with Gasteiger partial charge in [0.1, 0.15) is 30.2 Å². The fraction of sp³-hybridized carbons (Fsp3) is 0.279. The minimum absolute atomic E-state index is 0.0288. The molecule has 0 bridgehead atoms. The zero-order chi connectivity index (χ0) is 42.7. The van der Waals surface area contributed by atoms with Gasteiger partial charge in [-0.1, -0.05) is 121 Å². The van der Waals surface area contributed by atoms with Crippen LogP contribution in [0.4, 0.5) is 0 Å². The van der Waals surface area contributed by atoms with Crippen LogP contribution in [-0.4, -0.2) is 93.7 Å². The molecule has 9 N–H and O–H groups in total. The second-order valence-corrected chi connectivity index (χ2v) is 14.2. The second kappa shape index (κ2) is 23.0. The molecule has 0 aliphatic rings. The first-order chi connectivity index (χ1) is 28.3. The number of carbonyl (C=O) groups excluding carboxylic acids is 5. The number of carboxylic acids is 2. The first-order valence-corrected chi connectivity index (χ1v) is 19.4. The predicted octanol–water partition coefficient (Wildman–Crippen LogP) is 1.20. The number of aliphatic carboxylic acids is 2. The summed E-state index contributed by atoms with van der Waals surface area (Å²) < 4.78 is 0. The third-order valence-electron chi connectivity index (χ3n) is 9.19. The molecule has 0 spiro atoms. The average Bonchev–Trinajstić information content (AvgIpc) is 3.22. The smallest absolute Gasteiger partial charge is 0.327 e. The largest absolute Gasteiger partial charge is 0.481 e. The third kappa shape index (κ3) is 15.1. The number of carbonyl (C=O) groups is 7. The third-order valence-corrected chi connectivity index (χ3v) is 9.56. The van der Waals surface area contributed by atoms with E-state index in [2.05, 4.69) is 39.2 Å². The van der Waals surface area contributed by atoms with E-state index in [1.54, 1.807) is 91.0 Å². The van der Waals surface area contributed by atoms with Crippen LogP contribution in [0.2, 0.25) is 0 Å². The fourth-order valence-corrected chi connectivity index (χ4v) is 6.32. The molecule has 0 fully saturated rings. The van der Waals surface area contributed by atoms with E-state index in [0.717, 1.165) is 5.56 Å². The number of hydrogen-bond donors (Lipinski definition) is 9. The Labute approximate surface area is 346 Å². The Balaban J connectivity index is 1.59. The van der Waals surface area contributed by atoms with Crippen LogP contribution in [0.3, 0.4) is 0 Å². The van der Waals surface area contributed by atoms with Crippen molar-refractivity contribution in [2.24, 2.45) is 5.73 Å². The number of nitrogens with two attached hydrogens (primary N) is 1. The number of carboxylic acid groups (broad SMARTS) is 2. The maximum absolute atomic E-state index is 14.1. The van der Waals surface area contributed by atoms with Crippen LogP contribution in [0, 0.1) is 0 Å². The van der Waals surface area contributed by atoms with E-state index >= 15 is 0 Å². The van der Waals surface area contributed by atoms with Crippen molar-refractivity contribution in [2.75, 3.05) is 5.75 Å². The molecule has 310 valence electrons. The SMILES string of the molecule is N[C@@H](Cc1ccccc1)C(=O)N[C@@H](Cc1ccccc1)C(=O)N[C@@H](Cc1ccccc1)C(=O)N[C@@H](CC(=O)O)C(=O)N[C@@H](Cc1ccccc1)C(=O)N[C@@H](CS)C(=O)O. The minimum Gasteiger partial charge on any atom is -0.481 e. The van der Waals surface area contributed by atoms with E-state index in [4.69, 9.17) is 5.73 Å². The molecule has 0 radical (unpaired) electrons. The number of thiol groups is 1. The van der Waals surface area contributed by atoms with Gasteiger partial charge >= 0.3 is 11.9 Å². The minimum atomic E-state index is -1.75. The average molecular weight is 825 g/mol. The molecule has 0 saturated heterocycles. The first kappa shape index (κ1) is 45.2. The van der Waals surface area contributed by atoms with Crippen molar-refractivity contribution in [1.29, 1.82) is 0 Å². The number of hydrogen-bond acceptors (Lipinski definition) is 9. The van der Waals surface area contributed by atoms with Gasteiger partial charge in [0.25, 0.3) is 0 Å². The highest BCUT2D eigenvalue weighted by atomic mass is 32.1. The molecule has 0 unspecified atom stereocenters. The molecular weight excluding hydrogens is 777 g/mol. The first-order valence-electron chi connectivity index (χ1n) is 18.8. The molecule has 4 rings (SSSR count). The molecule has 0 aromatic heterocycles. The van der Waals surface area contributed by atoms with Crippen LogP contribution in [0.5, 0.6) is 0 Å². The van der Waals surface area contributed by atoms with Gasteiger partial charge < -0.3 is 42.5 Å². The summed E-state index contributed by atoms with van der Waals surface area (Å²) in [5, 5.41) is 31.9. The molecule has 6 atom stereocenters. The lowest BCUT2D eigenvalue weighted by atomic mass is 10.0. The summed E-state index contributed by atoms with van der Waals surface area (Å²) in [5.74, 6) is -7.30. The van der Waals surface area contributed by atoms with Crippen LogP contribution >= 0.6 is 12.6 Å². The molecule has 0 aliphatic carbocycles. The lowest BCUT2D eigenvalue weighted by molar-refractivity contribution is -0.143. The van der Waals surface area contributed by atoms with Crippen LogP contribution < -0.4 is 32.3 Å². The zero-order valence-corrected chi connectivity index (χ0v) is 32.9. The van der Waals surface area contributed by atoms with E-state index in [-0.39, 0.29) is 31.4 Å². The van der Waals surface area contributed by atoms with Crippen molar-refractivity contribution in [3.05, 3.63) is 144 Å². The van der Waals surface area contributed by atoms with Gasteiger partial charge in [0.2, 0.25) is 29.5 Å². The van der Waals surface area contributed by atoms with Crippen molar-refractivity contribution in [1.82, 2.24) is 26.6 Å². The van der Waals surface area contributed by atoms with Gasteiger partial charge in [-0.3, -0.25) is 28.8 Å². The number of rotatable bonds is 22. The van der Waals surface area contributed by atoms with Crippen LogP contribution in [0.1, 0.15) is 28.7 Å². The Bertz CT molecular complexity index is 2030. The van der Waals surface area contributed by atoms with Gasteiger partial charge in [-0.05, 0) is 28.7 Å². The molecule has 4 aromatic carbocycles. The van der Waals surface area contributed by atoms with Gasteiger partial charge in [0.05, 0.1) is 12.5 Å². The monoisotopic (exact) mass is 824 g/mol. The maximum atomic E-state index is 14.1. The van der Waals surface area contributed by atoms with E-state index in [1.165, 1.54) is 0 Å². The van der Waals surface area contributed by atoms with Crippen molar-refractivity contribution in [2.45, 2.75) is 68.4 Å². The molecule has 0 heterocycles. The molecule has 16 heteroatoms. The summed E-state index contributed by atoms with van der Waals surface area (Å²) in [5.41, 5.74) is 8.97. The highest BCUT2D eigenvalue weighted by Crippen LogP contribution is 2.11. The van der Waals surface area contributed by atoms with Crippen molar-refractivity contribution >= 4 is 54.1 Å². The topological polar surface area (TPSA) is 246 Å². The molecule has 15 nitrogen and oxygen atoms in total. The molecule has 4 aromatic rings. The Morgan fingerprint density at radius 2 is 0.729 bits per heavy atom. The van der Waals surface area contributed by atoms with Gasteiger partial charge in [0.15, 0.2) is 0 Å². The predicted molar refractivity (Wildman–Crippen MR) is 222 cm³/mol. The summed E-state index contributed by atoms with van der Waals surface area (Å²) in [6.45, 7) is 0. The summed E-state index contributed by atoms with van der Waals surface area (Å²) >= 11 is 3.98. The van der Waals surface area contributed by atoms with Gasteiger partial charge in [-0.2, -0.15) is 12.6 Å². The Morgan fingerprint density at radius 1 is 0.441 bits per heavy atom. The molecular formula is C43H48N6O9S. The Hall–Kier alpha value is -6.52.